The molecular weight excluding hydrogens is 340 g/mol. The van der Waals surface area contributed by atoms with Crippen LogP contribution in [0.5, 0.6) is 0 Å². The maximum atomic E-state index is 12.3. The number of carbonyl (C=O) groups is 1. The zero-order chi connectivity index (χ0) is 19.1. The van der Waals surface area contributed by atoms with Gasteiger partial charge in [0.2, 0.25) is 5.91 Å². The lowest BCUT2D eigenvalue weighted by Crippen LogP contribution is -2.29. The number of aromatic nitrogens is 4. The van der Waals surface area contributed by atoms with E-state index in [4.69, 9.17) is 4.98 Å². The quantitative estimate of drug-likeness (QED) is 0.749. The molecule has 0 bridgehead atoms. The van der Waals surface area contributed by atoms with Crippen molar-refractivity contribution in [1.82, 2.24) is 29.5 Å². The molecule has 2 aromatic heterocycles. The van der Waals surface area contributed by atoms with E-state index < -0.39 is 0 Å². The number of nitrogens with one attached hydrogen (secondary N) is 1. The van der Waals surface area contributed by atoms with Gasteiger partial charge in [-0.2, -0.15) is 5.10 Å². The summed E-state index contributed by atoms with van der Waals surface area (Å²) in [5.41, 5.74) is 4.40. The molecule has 3 heterocycles. The van der Waals surface area contributed by atoms with Crippen LogP contribution in [0.25, 0.3) is 11.0 Å². The van der Waals surface area contributed by atoms with E-state index in [-0.39, 0.29) is 17.9 Å². The first-order chi connectivity index (χ1) is 13.0. The van der Waals surface area contributed by atoms with Gasteiger partial charge in [0.25, 0.3) is 0 Å². The summed E-state index contributed by atoms with van der Waals surface area (Å²) < 4.78 is 3.99. The van der Waals surface area contributed by atoms with Crippen molar-refractivity contribution in [3.8, 4) is 0 Å². The summed E-state index contributed by atoms with van der Waals surface area (Å²) in [6.07, 6.45) is 2.46. The Bertz CT molecular complexity index is 988. The molecule has 4 rings (SSSR count). The van der Waals surface area contributed by atoms with Crippen molar-refractivity contribution >= 4 is 16.9 Å². The van der Waals surface area contributed by atoms with Gasteiger partial charge in [0.05, 0.1) is 29.8 Å². The molecule has 3 aromatic rings. The monoisotopic (exact) mass is 366 g/mol. The van der Waals surface area contributed by atoms with Gasteiger partial charge in [-0.15, -0.1) is 0 Å². The van der Waals surface area contributed by atoms with E-state index in [1.54, 1.807) is 0 Å². The third-order valence-corrected chi connectivity index (χ3v) is 5.86. The zero-order valence-corrected chi connectivity index (χ0v) is 16.3. The van der Waals surface area contributed by atoms with Gasteiger partial charge in [-0.1, -0.05) is 12.1 Å². The van der Waals surface area contributed by atoms with Gasteiger partial charge in [0.15, 0.2) is 0 Å². The van der Waals surface area contributed by atoms with Crippen LogP contribution in [0.2, 0.25) is 0 Å². The first kappa shape index (κ1) is 17.7. The van der Waals surface area contributed by atoms with Crippen LogP contribution in [0, 0.1) is 12.8 Å². The number of hydrogen-bond donors (Lipinski definition) is 1. The van der Waals surface area contributed by atoms with Crippen molar-refractivity contribution < 1.29 is 4.79 Å². The molecule has 2 atom stereocenters. The molecule has 0 aliphatic carbocycles. The van der Waals surface area contributed by atoms with E-state index >= 15 is 0 Å². The predicted octanol–water partition coefficient (Wildman–Crippen LogP) is 1.92. The smallest absolute Gasteiger partial charge is 0.223 e. The number of benzene rings is 1. The van der Waals surface area contributed by atoms with Crippen LogP contribution in [-0.2, 0) is 25.4 Å². The number of hydrogen-bond acceptors (Lipinski definition) is 4. The highest BCUT2D eigenvalue weighted by Crippen LogP contribution is 2.37. The molecule has 1 aliphatic heterocycles. The van der Waals surface area contributed by atoms with Crippen LogP contribution in [0.15, 0.2) is 30.5 Å². The fourth-order valence-corrected chi connectivity index (χ4v) is 4.13. The van der Waals surface area contributed by atoms with Gasteiger partial charge in [-0.3, -0.25) is 9.48 Å². The lowest BCUT2D eigenvalue weighted by atomic mass is 9.94. The predicted molar refractivity (Wildman–Crippen MR) is 104 cm³/mol. The fraction of sp³-hybridized carbons (Fsp3) is 0.450. The number of fused-ring (bicyclic) bond motifs is 1. The number of nitrogens with zero attached hydrogens (tertiary/aromatic N) is 5. The first-order valence-corrected chi connectivity index (χ1v) is 9.32. The second kappa shape index (κ2) is 6.81. The Morgan fingerprint density at radius 2 is 2.00 bits per heavy atom. The van der Waals surface area contributed by atoms with Crippen LogP contribution in [0.3, 0.4) is 0 Å². The number of para-hydroxylation sites is 2. The van der Waals surface area contributed by atoms with Crippen LogP contribution >= 0.6 is 0 Å². The molecule has 27 heavy (non-hydrogen) atoms. The molecule has 1 amide bonds. The Balaban J connectivity index is 1.48. The lowest BCUT2D eigenvalue weighted by molar-refractivity contribution is -0.127. The van der Waals surface area contributed by atoms with Crippen LogP contribution in [0.4, 0.5) is 0 Å². The second-order valence-electron chi connectivity index (χ2n) is 7.43. The maximum absolute atomic E-state index is 12.3. The van der Waals surface area contributed by atoms with Crippen molar-refractivity contribution in [3.05, 3.63) is 47.5 Å². The number of imidazole rings is 1. The minimum Gasteiger partial charge on any atom is -0.338 e. The molecule has 1 fully saturated rings. The number of carbonyl (C=O) groups excluding carboxylic acids is 1. The number of likely N-dealkylation sites (tertiary alicyclic amines) is 1. The van der Waals surface area contributed by atoms with E-state index in [1.165, 1.54) is 0 Å². The molecule has 1 N–H and O–H groups in total. The minimum absolute atomic E-state index is 0.0687. The van der Waals surface area contributed by atoms with Gasteiger partial charge in [-0.05, 0) is 19.1 Å². The normalized spacial score (nSPS) is 20.1. The minimum atomic E-state index is 0.0687. The van der Waals surface area contributed by atoms with E-state index in [0.29, 0.717) is 13.0 Å². The van der Waals surface area contributed by atoms with Crippen molar-refractivity contribution in [2.24, 2.45) is 20.0 Å². The summed E-state index contributed by atoms with van der Waals surface area (Å²) in [7, 11) is 5.88. The maximum Gasteiger partial charge on any atom is 0.223 e. The van der Waals surface area contributed by atoms with Crippen molar-refractivity contribution in [2.45, 2.75) is 25.9 Å². The fourth-order valence-electron chi connectivity index (χ4n) is 4.13. The molecule has 7 heteroatoms. The summed E-state index contributed by atoms with van der Waals surface area (Å²) >= 11 is 0. The molecule has 0 unspecified atom stereocenters. The Kier molecular flexibility index (Phi) is 4.47. The molecule has 1 aromatic carbocycles. The Labute approximate surface area is 159 Å². The van der Waals surface area contributed by atoms with Crippen molar-refractivity contribution in [3.63, 3.8) is 0 Å². The summed E-state index contributed by atoms with van der Waals surface area (Å²) in [5, 5.41) is 7.89. The Morgan fingerprint density at radius 3 is 2.70 bits per heavy atom. The SMILES string of the molecule is Cc1c([C@H]2[C@H](CNCc3nc4ccccc4n3C)CC(=O)N2C)cnn1C. The average Bonchev–Trinajstić information content (AvgIpc) is 3.25. The van der Waals surface area contributed by atoms with Gasteiger partial charge >= 0.3 is 0 Å². The number of amides is 1. The number of aryl methyl sites for hydroxylation is 2. The van der Waals surface area contributed by atoms with Crippen LogP contribution < -0.4 is 5.32 Å². The van der Waals surface area contributed by atoms with Crippen LogP contribution in [0.1, 0.15) is 29.5 Å². The molecule has 0 saturated carbocycles. The van der Waals surface area contributed by atoms with Gasteiger partial charge < -0.3 is 14.8 Å². The highest BCUT2D eigenvalue weighted by molar-refractivity contribution is 5.79. The topological polar surface area (TPSA) is 68.0 Å². The molecule has 1 aliphatic rings. The molecule has 7 nitrogen and oxygen atoms in total. The van der Waals surface area contributed by atoms with E-state index in [1.807, 2.05) is 55.1 Å². The molecule has 142 valence electrons. The first-order valence-electron chi connectivity index (χ1n) is 9.32. The Morgan fingerprint density at radius 1 is 1.22 bits per heavy atom. The zero-order valence-electron chi connectivity index (χ0n) is 16.3. The summed E-state index contributed by atoms with van der Waals surface area (Å²) in [4.78, 5) is 18.9. The third-order valence-electron chi connectivity index (χ3n) is 5.86. The van der Waals surface area contributed by atoms with Gasteiger partial charge in [0, 0.05) is 51.3 Å². The van der Waals surface area contributed by atoms with Crippen molar-refractivity contribution in [1.29, 1.82) is 0 Å². The molecular formula is C20H26N6O. The largest absolute Gasteiger partial charge is 0.338 e. The third kappa shape index (κ3) is 3.02. The van der Waals surface area contributed by atoms with Gasteiger partial charge in [-0.25, -0.2) is 4.98 Å². The number of rotatable bonds is 5. The lowest BCUT2D eigenvalue weighted by Gasteiger charge is -2.25. The highest BCUT2D eigenvalue weighted by Gasteiger charge is 2.39. The van der Waals surface area contributed by atoms with Crippen LogP contribution in [-0.4, -0.2) is 43.7 Å². The molecule has 0 radical (unpaired) electrons. The molecule has 0 spiro atoms. The molecule has 1 saturated heterocycles. The summed E-state index contributed by atoms with van der Waals surface area (Å²) in [6, 6.07) is 8.22. The van der Waals surface area contributed by atoms with E-state index in [9.17, 15) is 4.79 Å². The van der Waals surface area contributed by atoms with E-state index in [0.717, 1.165) is 34.7 Å². The average molecular weight is 366 g/mol. The van der Waals surface area contributed by atoms with Crippen molar-refractivity contribution in [2.75, 3.05) is 13.6 Å². The highest BCUT2D eigenvalue weighted by atomic mass is 16.2. The van der Waals surface area contributed by atoms with E-state index in [2.05, 4.69) is 28.0 Å². The Hall–Kier alpha value is -2.67. The second-order valence-corrected chi connectivity index (χ2v) is 7.43. The summed E-state index contributed by atoms with van der Waals surface area (Å²) in [6.45, 7) is 3.50. The van der Waals surface area contributed by atoms with Gasteiger partial charge in [0.1, 0.15) is 5.82 Å². The standard InChI is InChI=1S/C20H26N6O/c1-13-15(11-22-26(13)4)20-14(9-19(27)25(20)3)10-21-12-18-23-16-7-5-6-8-17(16)24(18)2/h5-8,11,14,20-21H,9-10,12H2,1-4H3/t14-,20+/m0/s1. The summed E-state index contributed by atoms with van der Waals surface area (Å²) in [5.74, 6) is 1.42.